The molecule has 21 heavy (non-hydrogen) atoms. The van der Waals surface area contributed by atoms with Gasteiger partial charge in [-0.05, 0) is 43.2 Å². The number of nitrogens with one attached hydrogen (secondary N) is 1. The molecular weight excluding hydrogens is 266 g/mol. The summed E-state index contributed by atoms with van der Waals surface area (Å²) in [7, 11) is 1.90. The number of aryl methyl sites for hydroxylation is 3. The molecule has 2 aromatic rings. The highest BCUT2D eigenvalue weighted by Gasteiger charge is 2.06. The van der Waals surface area contributed by atoms with Gasteiger partial charge in [0.15, 0.2) is 0 Å². The quantitative estimate of drug-likeness (QED) is 0.812. The van der Waals surface area contributed by atoms with Crippen LogP contribution in [0, 0.1) is 13.8 Å². The van der Waals surface area contributed by atoms with Gasteiger partial charge in [-0.15, -0.1) is 0 Å². The largest absolute Gasteiger partial charge is 0.491 e. The standard InChI is InChI=1S/C16H23N3O2/c1-12-6-13(2)8-16(7-12)21-11-15(20)10-17-9-14-4-5-18-19(14)3/h4-8,15,17,20H,9-11H2,1-3H3. The maximum absolute atomic E-state index is 9.94. The molecule has 0 spiro atoms. The minimum absolute atomic E-state index is 0.279. The van der Waals surface area contributed by atoms with Crippen molar-refractivity contribution >= 4 is 0 Å². The molecular formula is C16H23N3O2. The predicted molar refractivity (Wildman–Crippen MR) is 82.3 cm³/mol. The third-order valence-electron chi connectivity index (χ3n) is 3.25. The third-order valence-corrected chi connectivity index (χ3v) is 3.25. The average Bonchev–Trinajstić information content (AvgIpc) is 2.81. The Bertz CT molecular complexity index is 560. The van der Waals surface area contributed by atoms with E-state index in [0.29, 0.717) is 13.1 Å². The fraction of sp³-hybridized carbons (Fsp3) is 0.438. The molecule has 0 aliphatic heterocycles. The van der Waals surface area contributed by atoms with Gasteiger partial charge >= 0.3 is 0 Å². The van der Waals surface area contributed by atoms with Gasteiger partial charge in [0, 0.05) is 26.3 Å². The zero-order valence-corrected chi connectivity index (χ0v) is 12.8. The zero-order chi connectivity index (χ0) is 15.2. The van der Waals surface area contributed by atoms with Crippen molar-refractivity contribution in [2.75, 3.05) is 13.2 Å². The van der Waals surface area contributed by atoms with Gasteiger partial charge in [0.2, 0.25) is 0 Å². The first kappa shape index (κ1) is 15.5. The Kier molecular flexibility index (Phi) is 5.36. The summed E-state index contributed by atoms with van der Waals surface area (Å²) in [4.78, 5) is 0. The molecule has 0 amide bonds. The maximum Gasteiger partial charge on any atom is 0.119 e. The van der Waals surface area contributed by atoms with Crippen molar-refractivity contribution in [3.63, 3.8) is 0 Å². The number of aliphatic hydroxyl groups excluding tert-OH is 1. The molecule has 1 unspecified atom stereocenters. The van der Waals surface area contributed by atoms with E-state index in [1.807, 2.05) is 43.8 Å². The number of hydrogen-bond acceptors (Lipinski definition) is 4. The van der Waals surface area contributed by atoms with Gasteiger partial charge in [-0.3, -0.25) is 4.68 Å². The molecule has 0 aliphatic carbocycles. The van der Waals surface area contributed by atoms with Gasteiger partial charge in [-0.2, -0.15) is 5.10 Å². The molecule has 0 radical (unpaired) electrons. The topological polar surface area (TPSA) is 59.3 Å². The molecule has 5 nitrogen and oxygen atoms in total. The van der Waals surface area contributed by atoms with Crippen LogP contribution in [0.2, 0.25) is 0 Å². The highest BCUT2D eigenvalue weighted by molar-refractivity contribution is 5.32. The Labute approximate surface area is 125 Å². The molecule has 1 aromatic carbocycles. The lowest BCUT2D eigenvalue weighted by molar-refractivity contribution is 0.106. The summed E-state index contributed by atoms with van der Waals surface area (Å²) < 4.78 is 7.44. The average molecular weight is 289 g/mol. The Morgan fingerprint density at radius 1 is 1.29 bits per heavy atom. The summed E-state index contributed by atoms with van der Waals surface area (Å²) >= 11 is 0. The number of benzene rings is 1. The van der Waals surface area contributed by atoms with Crippen molar-refractivity contribution in [1.29, 1.82) is 0 Å². The monoisotopic (exact) mass is 289 g/mol. The van der Waals surface area contributed by atoms with E-state index >= 15 is 0 Å². The summed E-state index contributed by atoms with van der Waals surface area (Å²) in [5, 5.41) is 17.2. The molecule has 1 atom stereocenters. The van der Waals surface area contributed by atoms with Crippen LogP contribution in [-0.4, -0.2) is 34.1 Å². The van der Waals surface area contributed by atoms with E-state index in [-0.39, 0.29) is 6.61 Å². The molecule has 5 heteroatoms. The highest BCUT2D eigenvalue weighted by atomic mass is 16.5. The fourth-order valence-corrected chi connectivity index (χ4v) is 2.21. The lowest BCUT2D eigenvalue weighted by Gasteiger charge is -2.14. The van der Waals surface area contributed by atoms with E-state index in [1.165, 1.54) is 0 Å². The minimum atomic E-state index is -0.543. The first-order valence-electron chi connectivity index (χ1n) is 7.11. The second-order valence-electron chi connectivity index (χ2n) is 5.37. The molecule has 2 N–H and O–H groups in total. The van der Waals surface area contributed by atoms with Gasteiger partial charge < -0.3 is 15.2 Å². The van der Waals surface area contributed by atoms with Crippen molar-refractivity contribution in [3.8, 4) is 5.75 Å². The van der Waals surface area contributed by atoms with Gasteiger partial charge in [0.1, 0.15) is 18.5 Å². The first-order chi connectivity index (χ1) is 10.0. The molecule has 0 fully saturated rings. The second-order valence-corrected chi connectivity index (χ2v) is 5.37. The van der Waals surface area contributed by atoms with Gasteiger partial charge in [-0.1, -0.05) is 6.07 Å². The van der Waals surface area contributed by atoms with E-state index in [4.69, 9.17) is 4.74 Å². The van der Waals surface area contributed by atoms with Crippen LogP contribution >= 0.6 is 0 Å². The Hall–Kier alpha value is -1.85. The van der Waals surface area contributed by atoms with E-state index in [1.54, 1.807) is 6.20 Å². The van der Waals surface area contributed by atoms with Crippen LogP contribution in [0.15, 0.2) is 30.5 Å². The number of aromatic nitrogens is 2. The van der Waals surface area contributed by atoms with Crippen LogP contribution in [0.25, 0.3) is 0 Å². The van der Waals surface area contributed by atoms with Gasteiger partial charge in [-0.25, -0.2) is 0 Å². The lowest BCUT2D eigenvalue weighted by atomic mass is 10.1. The molecule has 1 aromatic heterocycles. The molecule has 1 heterocycles. The first-order valence-corrected chi connectivity index (χ1v) is 7.11. The van der Waals surface area contributed by atoms with E-state index in [9.17, 15) is 5.11 Å². The van der Waals surface area contributed by atoms with Crippen LogP contribution < -0.4 is 10.1 Å². The molecule has 2 rings (SSSR count). The number of rotatable bonds is 7. The van der Waals surface area contributed by atoms with Crippen molar-refractivity contribution in [2.24, 2.45) is 7.05 Å². The fourth-order valence-electron chi connectivity index (χ4n) is 2.21. The predicted octanol–water partition coefficient (Wildman–Crippen LogP) is 1.57. The van der Waals surface area contributed by atoms with Crippen molar-refractivity contribution in [1.82, 2.24) is 15.1 Å². The third kappa shape index (κ3) is 4.88. The SMILES string of the molecule is Cc1cc(C)cc(OCC(O)CNCc2ccnn2C)c1. The van der Waals surface area contributed by atoms with Crippen LogP contribution in [0.5, 0.6) is 5.75 Å². The minimum Gasteiger partial charge on any atom is -0.491 e. The van der Waals surface area contributed by atoms with Crippen molar-refractivity contribution in [2.45, 2.75) is 26.5 Å². The highest BCUT2D eigenvalue weighted by Crippen LogP contribution is 2.16. The maximum atomic E-state index is 9.94. The molecule has 0 saturated heterocycles. The van der Waals surface area contributed by atoms with E-state index in [2.05, 4.69) is 16.5 Å². The zero-order valence-electron chi connectivity index (χ0n) is 12.8. The van der Waals surface area contributed by atoms with Gasteiger partial charge in [0.25, 0.3) is 0 Å². The number of hydrogen-bond donors (Lipinski definition) is 2. The summed E-state index contributed by atoms with van der Waals surface area (Å²) in [6.07, 6.45) is 1.22. The lowest BCUT2D eigenvalue weighted by Crippen LogP contribution is -2.31. The molecule has 0 aliphatic rings. The second kappa shape index (κ2) is 7.24. The van der Waals surface area contributed by atoms with Crippen LogP contribution in [-0.2, 0) is 13.6 Å². The van der Waals surface area contributed by atoms with Crippen LogP contribution in [0.3, 0.4) is 0 Å². The molecule has 0 bridgehead atoms. The van der Waals surface area contributed by atoms with Crippen molar-refractivity contribution in [3.05, 3.63) is 47.3 Å². The van der Waals surface area contributed by atoms with E-state index < -0.39 is 6.10 Å². The Morgan fingerprint density at radius 3 is 2.62 bits per heavy atom. The van der Waals surface area contributed by atoms with Gasteiger partial charge in [0.05, 0.1) is 5.69 Å². The van der Waals surface area contributed by atoms with Crippen LogP contribution in [0.4, 0.5) is 0 Å². The Balaban J connectivity index is 1.72. The van der Waals surface area contributed by atoms with Crippen molar-refractivity contribution < 1.29 is 9.84 Å². The smallest absolute Gasteiger partial charge is 0.119 e. The number of aliphatic hydroxyl groups is 1. The summed E-state index contributed by atoms with van der Waals surface area (Å²) in [6.45, 7) is 5.51. The van der Waals surface area contributed by atoms with Crippen LogP contribution in [0.1, 0.15) is 16.8 Å². The van der Waals surface area contributed by atoms with E-state index in [0.717, 1.165) is 22.6 Å². The summed E-state index contributed by atoms with van der Waals surface area (Å²) in [5.41, 5.74) is 3.40. The summed E-state index contributed by atoms with van der Waals surface area (Å²) in [5.74, 6) is 0.804. The summed E-state index contributed by atoms with van der Waals surface area (Å²) in [6, 6.07) is 8.00. The number of ether oxygens (including phenoxy) is 1. The number of nitrogens with zero attached hydrogens (tertiary/aromatic N) is 2. The normalized spacial score (nSPS) is 12.4. The molecule has 114 valence electrons. The molecule has 0 saturated carbocycles. The Morgan fingerprint density at radius 2 is 2.00 bits per heavy atom.